The zero-order valence-electron chi connectivity index (χ0n) is 8.76. The molecule has 0 bridgehead atoms. The van der Waals surface area contributed by atoms with Crippen molar-refractivity contribution in [1.82, 2.24) is 4.98 Å². The first-order valence-corrected chi connectivity index (χ1v) is 6.15. The van der Waals surface area contributed by atoms with Crippen molar-refractivity contribution in [3.8, 4) is 0 Å². The molecule has 0 aliphatic rings. The molecule has 1 N–H and O–H groups in total. The lowest BCUT2D eigenvalue weighted by molar-refractivity contribution is 0.284. The van der Waals surface area contributed by atoms with E-state index in [0.29, 0.717) is 18.0 Å². The van der Waals surface area contributed by atoms with Gasteiger partial charge in [-0.1, -0.05) is 11.6 Å². The van der Waals surface area contributed by atoms with Gasteiger partial charge in [-0.2, -0.15) is 0 Å². The number of aliphatic hydroxyl groups excluding tert-OH is 1. The number of fused-ring (bicyclic) bond motifs is 1. The molecule has 0 aromatic carbocycles. The lowest BCUT2D eigenvalue weighted by atomic mass is 10.2. The molecule has 0 aliphatic carbocycles. The van der Waals surface area contributed by atoms with Crippen molar-refractivity contribution >= 4 is 38.6 Å². The van der Waals surface area contributed by atoms with Gasteiger partial charge in [0.25, 0.3) is 0 Å². The number of furan rings is 1. The number of rotatable bonds is 3. The van der Waals surface area contributed by atoms with Gasteiger partial charge in [-0.05, 0) is 40.9 Å². The van der Waals surface area contributed by atoms with E-state index in [9.17, 15) is 0 Å². The van der Waals surface area contributed by atoms with Crippen molar-refractivity contribution in [2.45, 2.75) is 19.8 Å². The van der Waals surface area contributed by atoms with Crippen LogP contribution in [0, 0.1) is 6.92 Å². The standard InChI is InChI=1S/C11H11BrClNO2/c1-6-5-8(13)14-10-9(12)7(3-2-4-15)16-11(6)10/h5,15H,2-4H2,1H3. The van der Waals surface area contributed by atoms with E-state index in [0.717, 1.165) is 26.9 Å². The van der Waals surface area contributed by atoms with Gasteiger partial charge in [0, 0.05) is 13.0 Å². The zero-order chi connectivity index (χ0) is 11.7. The molecule has 16 heavy (non-hydrogen) atoms. The number of aryl methyl sites for hydroxylation is 2. The average Bonchev–Trinajstić information content (AvgIpc) is 2.54. The molecule has 3 nitrogen and oxygen atoms in total. The fraction of sp³-hybridized carbons (Fsp3) is 0.364. The van der Waals surface area contributed by atoms with Crippen molar-refractivity contribution in [3.05, 3.63) is 27.0 Å². The van der Waals surface area contributed by atoms with Gasteiger partial charge >= 0.3 is 0 Å². The molecule has 0 amide bonds. The number of hydrogen-bond acceptors (Lipinski definition) is 3. The summed E-state index contributed by atoms with van der Waals surface area (Å²) in [7, 11) is 0. The molecule has 0 saturated heterocycles. The van der Waals surface area contributed by atoms with Crippen LogP contribution < -0.4 is 0 Å². The van der Waals surface area contributed by atoms with Crippen LogP contribution in [0.3, 0.4) is 0 Å². The van der Waals surface area contributed by atoms with E-state index < -0.39 is 0 Å². The first-order valence-electron chi connectivity index (χ1n) is 4.98. The van der Waals surface area contributed by atoms with Gasteiger partial charge in [0.2, 0.25) is 0 Å². The summed E-state index contributed by atoms with van der Waals surface area (Å²) in [5.41, 5.74) is 2.47. The highest BCUT2D eigenvalue weighted by molar-refractivity contribution is 9.10. The minimum Gasteiger partial charge on any atom is -0.458 e. The van der Waals surface area contributed by atoms with Crippen LogP contribution in [0.25, 0.3) is 11.1 Å². The van der Waals surface area contributed by atoms with Crippen LogP contribution in [0.15, 0.2) is 15.0 Å². The van der Waals surface area contributed by atoms with Crippen molar-refractivity contribution < 1.29 is 9.52 Å². The Morgan fingerprint density at radius 3 is 3.00 bits per heavy atom. The van der Waals surface area contributed by atoms with Crippen LogP contribution in [-0.2, 0) is 6.42 Å². The summed E-state index contributed by atoms with van der Waals surface area (Å²) in [6.45, 7) is 2.08. The van der Waals surface area contributed by atoms with E-state index in [2.05, 4.69) is 20.9 Å². The maximum absolute atomic E-state index is 8.80. The summed E-state index contributed by atoms with van der Waals surface area (Å²) in [5.74, 6) is 0.807. The molecule has 0 atom stereocenters. The normalized spacial score (nSPS) is 11.2. The van der Waals surface area contributed by atoms with E-state index in [4.69, 9.17) is 21.1 Å². The second-order valence-electron chi connectivity index (χ2n) is 3.61. The number of nitrogens with zero attached hydrogens (tertiary/aromatic N) is 1. The number of aromatic nitrogens is 1. The minimum absolute atomic E-state index is 0.149. The van der Waals surface area contributed by atoms with Gasteiger partial charge in [0.15, 0.2) is 5.58 Å². The fourth-order valence-electron chi connectivity index (χ4n) is 1.60. The predicted molar refractivity (Wildman–Crippen MR) is 66.9 cm³/mol. The number of hydrogen-bond donors (Lipinski definition) is 1. The molecule has 0 aliphatic heterocycles. The van der Waals surface area contributed by atoms with E-state index in [-0.39, 0.29) is 6.61 Å². The Morgan fingerprint density at radius 2 is 2.31 bits per heavy atom. The average molecular weight is 305 g/mol. The quantitative estimate of drug-likeness (QED) is 0.883. The topological polar surface area (TPSA) is 46.3 Å². The number of halogens is 2. The van der Waals surface area contributed by atoms with Gasteiger partial charge in [-0.15, -0.1) is 0 Å². The van der Waals surface area contributed by atoms with Gasteiger partial charge in [0.05, 0.1) is 4.47 Å². The van der Waals surface area contributed by atoms with Crippen LogP contribution in [0.2, 0.25) is 5.15 Å². The predicted octanol–water partition coefficient (Wildman–Crippen LogP) is 3.48. The summed E-state index contributed by atoms with van der Waals surface area (Å²) in [4.78, 5) is 4.23. The summed E-state index contributed by atoms with van der Waals surface area (Å²) >= 11 is 9.35. The summed E-state index contributed by atoms with van der Waals surface area (Å²) < 4.78 is 6.54. The fourth-order valence-corrected chi connectivity index (χ4v) is 2.39. The highest BCUT2D eigenvalue weighted by Gasteiger charge is 2.15. The molecule has 2 heterocycles. The second kappa shape index (κ2) is 4.73. The summed E-state index contributed by atoms with van der Waals surface area (Å²) in [6.07, 6.45) is 1.36. The summed E-state index contributed by atoms with van der Waals surface area (Å²) in [5, 5.41) is 9.26. The van der Waals surface area contributed by atoms with Crippen LogP contribution >= 0.6 is 27.5 Å². The molecule has 0 fully saturated rings. The lowest BCUT2D eigenvalue weighted by Crippen LogP contribution is -1.87. The molecule has 0 spiro atoms. The molecule has 0 unspecified atom stereocenters. The first-order chi connectivity index (χ1) is 7.63. The van der Waals surface area contributed by atoms with E-state index >= 15 is 0 Å². The first kappa shape index (κ1) is 11.9. The second-order valence-corrected chi connectivity index (χ2v) is 4.79. The van der Waals surface area contributed by atoms with E-state index in [1.54, 1.807) is 6.07 Å². The van der Waals surface area contributed by atoms with Crippen LogP contribution in [0.5, 0.6) is 0 Å². The molecule has 2 aromatic rings. The third kappa shape index (κ3) is 2.10. The molecule has 2 rings (SSSR count). The molecule has 2 aromatic heterocycles. The molecule has 0 radical (unpaired) electrons. The highest BCUT2D eigenvalue weighted by Crippen LogP contribution is 2.33. The molecule has 0 saturated carbocycles. The van der Waals surface area contributed by atoms with Gasteiger partial charge in [-0.3, -0.25) is 0 Å². The molecule has 5 heteroatoms. The molecule has 86 valence electrons. The molecular formula is C11H11BrClNO2. The minimum atomic E-state index is 0.149. The third-order valence-corrected chi connectivity index (χ3v) is 3.38. The summed E-state index contributed by atoms with van der Waals surface area (Å²) in [6, 6.07) is 1.77. The monoisotopic (exact) mass is 303 g/mol. The van der Waals surface area contributed by atoms with Gasteiger partial charge < -0.3 is 9.52 Å². The Morgan fingerprint density at radius 1 is 1.56 bits per heavy atom. The van der Waals surface area contributed by atoms with Crippen molar-refractivity contribution in [2.24, 2.45) is 0 Å². The van der Waals surface area contributed by atoms with Crippen LogP contribution in [0.4, 0.5) is 0 Å². The largest absolute Gasteiger partial charge is 0.458 e. The Kier molecular flexibility index (Phi) is 3.52. The smallest absolute Gasteiger partial charge is 0.156 e. The van der Waals surface area contributed by atoms with E-state index in [1.807, 2.05) is 6.92 Å². The van der Waals surface area contributed by atoms with Crippen molar-refractivity contribution in [2.75, 3.05) is 6.61 Å². The van der Waals surface area contributed by atoms with Crippen LogP contribution in [0.1, 0.15) is 17.7 Å². The van der Waals surface area contributed by atoms with E-state index in [1.165, 1.54) is 0 Å². The van der Waals surface area contributed by atoms with Crippen molar-refractivity contribution in [1.29, 1.82) is 0 Å². The number of aliphatic hydroxyl groups is 1. The Bertz CT molecular complexity index is 524. The zero-order valence-corrected chi connectivity index (χ0v) is 11.1. The maximum Gasteiger partial charge on any atom is 0.156 e. The molecular weight excluding hydrogens is 293 g/mol. The van der Waals surface area contributed by atoms with Crippen LogP contribution in [-0.4, -0.2) is 16.7 Å². The highest BCUT2D eigenvalue weighted by atomic mass is 79.9. The Hall–Kier alpha value is -0.580. The Labute approximate surface area is 107 Å². The maximum atomic E-state index is 8.80. The SMILES string of the molecule is Cc1cc(Cl)nc2c(Br)c(CCCO)oc12. The van der Waals surface area contributed by atoms with Crippen molar-refractivity contribution in [3.63, 3.8) is 0 Å². The van der Waals surface area contributed by atoms with Gasteiger partial charge in [-0.25, -0.2) is 4.98 Å². The Balaban J connectivity index is 2.54. The van der Waals surface area contributed by atoms with Gasteiger partial charge in [0.1, 0.15) is 16.4 Å². The third-order valence-electron chi connectivity index (χ3n) is 2.37. The lowest BCUT2D eigenvalue weighted by Gasteiger charge is -1.94. The number of pyridine rings is 1.